The number of hydrogen-bond donors (Lipinski definition) is 2. The highest BCUT2D eigenvalue weighted by molar-refractivity contribution is 5.79. The second-order valence-corrected chi connectivity index (χ2v) is 5.84. The Morgan fingerprint density at radius 1 is 1.04 bits per heavy atom. The van der Waals surface area contributed by atoms with Crippen LogP contribution in [0.15, 0.2) is 47.5 Å². The molecular weight excluding hydrogens is 298 g/mol. The van der Waals surface area contributed by atoms with Crippen LogP contribution in [0.4, 0.5) is 0 Å². The molecule has 0 saturated heterocycles. The van der Waals surface area contributed by atoms with Crippen LogP contribution in [0.5, 0.6) is 5.75 Å². The summed E-state index contributed by atoms with van der Waals surface area (Å²) in [7, 11) is 3.50. The number of ether oxygens (including phenoxy) is 1. The minimum atomic E-state index is 0.764. The first-order valence-electron chi connectivity index (χ1n) is 8.26. The number of hydrogen-bond acceptors (Lipinski definition) is 2. The van der Waals surface area contributed by atoms with Gasteiger partial charge in [-0.2, -0.15) is 0 Å². The molecule has 2 N–H and O–H groups in total. The molecule has 0 aliphatic carbocycles. The highest BCUT2D eigenvalue weighted by atomic mass is 16.5. The molecule has 0 fully saturated rings. The van der Waals surface area contributed by atoms with Crippen molar-refractivity contribution in [3.63, 3.8) is 0 Å². The van der Waals surface area contributed by atoms with E-state index in [9.17, 15) is 0 Å². The number of aliphatic imine (C=N–C) groups is 1. The summed E-state index contributed by atoms with van der Waals surface area (Å²) in [6, 6.07) is 14.6. The summed E-state index contributed by atoms with van der Waals surface area (Å²) in [4.78, 5) is 4.29. The molecule has 2 aromatic carbocycles. The van der Waals surface area contributed by atoms with E-state index in [0.717, 1.165) is 31.2 Å². The maximum absolute atomic E-state index is 5.38. The third-order valence-electron chi connectivity index (χ3n) is 4.05. The van der Waals surface area contributed by atoms with E-state index < -0.39 is 0 Å². The van der Waals surface area contributed by atoms with Crippen molar-refractivity contribution in [3.05, 3.63) is 64.7 Å². The van der Waals surface area contributed by atoms with Crippen LogP contribution in [0, 0.1) is 13.8 Å². The minimum Gasteiger partial charge on any atom is -0.496 e. The van der Waals surface area contributed by atoms with E-state index in [-0.39, 0.29) is 0 Å². The second kappa shape index (κ2) is 8.96. The zero-order valence-electron chi connectivity index (χ0n) is 15.0. The van der Waals surface area contributed by atoms with Crippen LogP contribution in [-0.4, -0.2) is 26.7 Å². The lowest BCUT2D eigenvalue weighted by Crippen LogP contribution is -2.38. The molecule has 4 nitrogen and oxygen atoms in total. The van der Waals surface area contributed by atoms with Crippen LogP contribution < -0.4 is 15.4 Å². The van der Waals surface area contributed by atoms with Crippen molar-refractivity contribution >= 4 is 5.96 Å². The molecular formula is C20H27N3O. The molecule has 0 atom stereocenters. The van der Waals surface area contributed by atoms with Crippen LogP contribution in [0.2, 0.25) is 0 Å². The van der Waals surface area contributed by atoms with Gasteiger partial charge in [-0.25, -0.2) is 0 Å². The molecule has 0 heterocycles. The van der Waals surface area contributed by atoms with Crippen LogP contribution in [-0.2, 0) is 13.0 Å². The number of aryl methyl sites for hydroxylation is 2. The van der Waals surface area contributed by atoms with Crippen molar-refractivity contribution in [3.8, 4) is 5.75 Å². The molecule has 0 bridgehead atoms. The van der Waals surface area contributed by atoms with Gasteiger partial charge in [0.1, 0.15) is 5.75 Å². The van der Waals surface area contributed by atoms with Crippen LogP contribution in [0.3, 0.4) is 0 Å². The zero-order valence-corrected chi connectivity index (χ0v) is 15.0. The SMILES string of the molecule is CN=C(NCCc1ccccc1OC)NCc1ccc(C)cc1C. The Kier molecular flexibility index (Phi) is 6.67. The summed E-state index contributed by atoms with van der Waals surface area (Å²) in [5.74, 6) is 1.74. The Morgan fingerprint density at radius 2 is 1.83 bits per heavy atom. The van der Waals surface area contributed by atoms with Gasteiger partial charge in [-0.1, -0.05) is 42.0 Å². The van der Waals surface area contributed by atoms with Gasteiger partial charge in [-0.15, -0.1) is 0 Å². The lowest BCUT2D eigenvalue weighted by atomic mass is 10.1. The van der Waals surface area contributed by atoms with E-state index in [4.69, 9.17) is 4.74 Å². The number of para-hydroxylation sites is 1. The quantitative estimate of drug-likeness (QED) is 0.633. The fourth-order valence-corrected chi connectivity index (χ4v) is 2.67. The molecule has 2 aromatic rings. The van der Waals surface area contributed by atoms with Gasteiger partial charge in [0, 0.05) is 20.1 Å². The second-order valence-electron chi connectivity index (χ2n) is 5.84. The van der Waals surface area contributed by atoms with E-state index in [1.807, 2.05) is 18.2 Å². The number of methoxy groups -OCH3 is 1. The Bertz CT molecular complexity index is 695. The minimum absolute atomic E-state index is 0.764. The van der Waals surface area contributed by atoms with Gasteiger partial charge in [0.05, 0.1) is 7.11 Å². The summed E-state index contributed by atoms with van der Waals surface area (Å²) in [6.07, 6.45) is 0.883. The number of nitrogens with zero attached hydrogens (tertiary/aromatic N) is 1. The smallest absolute Gasteiger partial charge is 0.191 e. The molecule has 0 aromatic heterocycles. The lowest BCUT2D eigenvalue weighted by molar-refractivity contribution is 0.409. The maximum Gasteiger partial charge on any atom is 0.191 e. The number of guanidine groups is 1. The number of benzene rings is 2. The molecule has 0 unspecified atom stereocenters. The van der Waals surface area contributed by atoms with Crippen molar-refractivity contribution in [1.29, 1.82) is 0 Å². The summed E-state index contributed by atoms with van der Waals surface area (Å²) in [5.41, 5.74) is 5.06. The van der Waals surface area contributed by atoms with Crippen molar-refractivity contribution < 1.29 is 4.74 Å². The molecule has 128 valence electrons. The predicted octanol–water partition coefficient (Wildman–Crippen LogP) is 3.22. The molecule has 0 radical (unpaired) electrons. The molecule has 0 aliphatic rings. The van der Waals surface area contributed by atoms with Gasteiger partial charge in [-0.3, -0.25) is 4.99 Å². The van der Waals surface area contributed by atoms with Crippen molar-refractivity contribution in [2.24, 2.45) is 4.99 Å². The summed E-state index contributed by atoms with van der Waals surface area (Å²) < 4.78 is 5.38. The Hall–Kier alpha value is -2.49. The molecule has 0 saturated carbocycles. The van der Waals surface area contributed by atoms with E-state index in [1.54, 1.807) is 14.2 Å². The maximum atomic E-state index is 5.38. The zero-order chi connectivity index (χ0) is 17.4. The monoisotopic (exact) mass is 325 g/mol. The molecule has 0 spiro atoms. The first-order valence-corrected chi connectivity index (χ1v) is 8.26. The van der Waals surface area contributed by atoms with E-state index in [2.05, 4.69) is 53.7 Å². The van der Waals surface area contributed by atoms with Crippen LogP contribution in [0.25, 0.3) is 0 Å². The molecule has 0 amide bonds. The highest BCUT2D eigenvalue weighted by Gasteiger charge is 2.04. The van der Waals surface area contributed by atoms with Gasteiger partial charge < -0.3 is 15.4 Å². The lowest BCUT2D eigenvalue weighted by Gasteiger charge is -2.14. The van der Waals surface area contributed by atoms with Crippen molar-refractivity contribution in [2.75, 3.05) is 20.7 Å². The standard InChI is InChI=1S/C20H27N3O/c1-15-9-10-18(16(2)13-15)14-23-20(21-3)22-12-11-17-7-5-6-8-19(17)24-4/h5-10,13H,11-12,14H2,1-4H3,(H2,21,22,23). The predicted molar refractivity (Wildman–Crippen MR) is 101 cm³/mol. The number of nitrogens with one attached hydrogen (secondary N) is 2. The number of rotatable bonds is 6. The van der Waals surface area contributed by atoms with Crippen LogP contribution >= 0.6 is 0 Å². The normalized spacial score (nSPS) is 11.2. The van der Waals surface area contributed by atoms with Crippen molar-refractivity contribution in [2.45, 2.75) is 26.8 Å². The topological polar surface area (TPSA) is 45.7 Å². The average molecular weight is 325 g/mol. The van der Waals surface area contributed by atoms with E-state index >= 15 is 0 Å². The molecule has 24 heavy (non-hydrogen) atoms. The van der Waals surface area contributed by atoms with Gasteiger partial charge >= 0.3 is 0 Å². The molecule has 0 aliphatic heterocycles. The third kappa shape index (κ3) is 5.01. The van der Waals surface area contributed by atoms with Gasteiger partial charge in [0.25, 0.3) is 0 Å². The Labute approximate surface area is 145 Å². The molecule has 4 heteroatoms. The van der Waals surface area contributed by atoms with Crippen LogP contribution in [0.1, 0.15) is 22.3 Å². The van der Waals surface area contributed by atoms with E-state index in [0.29, 0.717) is 0 Å². The Balaban J connectivity index is 1.84. The van der Waals surface area contributed by atoms with Crippen molar-refractivity contribution in [1.82, 2.24) is 10.6 Å². The van der Waals surface area contributed by atoms with Gasteiger partial charge in [0.15, 0.2) is 5.96 Å². The average Bonchev–Trinajstić information content (AvgIpc) is 2.59. The summed E-state index contributed by atoms with van der Waals surface area (Å²) >= 11 is 0. The highest BCUT2D eigenvalue weighted by Crippen LogP contribution is 2.17. The largest absolute Gasteiger partial charge is 0.496 e. The fourth-order valence-electron chi connectivity index (χ4n) is 2.67. The van der Waals surface area contributed by atoms with Gasteiger partial charge in [0.2, 0.25) is 0 Å². The Morgan fingerprint density at radius 3 is 2.54 bits per heavy atom. The third-order valence-corrected chi connectivity index (χ3v) is 4.05. The summed E-state index contributed by atoms with van der Waals surface area (Å²) in [5, 5.41) is 6.72. The van der Waals surface area contributed by atoms with E-state index in [1.165, 1.54) is 22.3 Å². The first kappa shape index (κ1) is 17.9. The first-order chi connectivity index (χ1) is 11.6. The molecule has 2 rings (SSSR count). The fraction of sp³-hybridized carbons (Fsp3) is 0.350. The van der Waals surface area contributed by atoms with Gasteiger partial charge in [-0.05, 0) is 43.0 Å². The summed E-state index contributed by atoms with van der Waals surface area (Å²) in [6.45, 7) is 5.82.